The molecule has 1 aromatic carbocycles. The standard InChI is InChI=1S/C15H15N3O3S/c16-14(19)9-21-12-3-1-2-11(8-12)18-15(20)10-22-13-4-6-17-7-5-13/h1-8H,9-10H2,(H2,16,19)(H,18,20). The Morgan fingerprint density at radius 2 is 2.00 bits per heavy atom. The maximum atomic E-state index is 11.9. The highest BCUT2D eigenvalue weighted by Crippen LogP contribution is 2.19. The fourth-order valence-corrected chi connectivity index (χ4v) is 2.28. The average Bonchev–Trinajstić information content (AvgIpc) is 2.52. The number of rotatable bonds is 7. The van der Waals surface area contributed by atoms with Gasteiger partial charge in [-0.25, -0.2) is 0 Å². The first-order valence-corrected chi connectivity index (χ1v) is 7.46. The number of nitrogens with one attached hydrogen (secondary N) is 1. The van der Waals surface area contributed by atoms with Gasteiger partial charge in [0.25, 0.3) is 5.91 Å². The lowest BCUT2D eigenvalue weighted by Gasteiger charge is -2.08. The number of hydrogen-bond acceptors (Lipinski definition) is 5. The molecule has 0 saturated carbocycles. The van der Waals surface area contributed by atoms with Crippen molar-refractivity contribution >= 4 is 29.3 Å². The van der Waals surface area contributed by atoms with Crippen LogP contribution in [-0.4, -0.2) is 29.2 Å². The summed E-state index contributed by atoms with van der Waals surface area (Å²) < 4.78 is 5.18. The van der Waals surface area contributed by atoms with Crippen LogP contribution in [0.15, 0.2) is 53.7 Å². The number of anilines is 1. The van der Waals surface area contributed by atoms with Gasteiger partial charge < -0.3 is 15.8 Å². The zero-order valence-corrected chi connectivity index (χ0v) is 12.5. The number of carbonyl (C=O) groups excluding carboxylic acids is 2. The minimum Gasteiger partial charge on any atom is -0.484 e. The molecule has 0 radical (unpaired) electrons. The Bertz CT molecular complexity index is 649. The molecule has 3 N–H and O–H groups in total. The highest BCUT2D eigenvalue weighted by molar-refractivity contribution is 8.00. The van der Waals surface area contributed by atoms with Crippen molar-refractivity contribution in [2.24, 2.45) is 5.73 Å². The molecule has 0 spiro atoms. The van der Waals surface area contributed by atoms with E-state index in [0.29, 0.717) is 11.4 Å². The molecule has 1 heterocycles. The third-order valence-corrected chi connectivity index (χ3v) is 3.53. The number of benzene rings is 1. The van der Waals surface area contributed by atoms with E-state index < -0.39 is 5.91 Å². The number of ether oxygens (including phenoxy) is 1. The third kappa shape index (κ3) is 5.45. The highest BCUT2D eigenvalue weighted by Gasteiger charge is 2.05. The molecule has 7 heteroatoms. The Morgan fingerprint density at radius 3 is 2.73 bits per heavy atom. The van der Waals surface area contributed by atoms with Gasteiger partial charge in [-0.15, -0.1) is 11.8 Å². The minimum absolute atomic E-state index is 0.131. The van der Waals surface area contributed by atoms with E-state index in [-0.39, 0.29) is 18.3 Å². The fourth-order valence-electron chi connectivity index (χ4n) is 1.60. The molecule has 0 fully saturated rings. The number of aromatic nitrogens is 1. The number of amides is 2. The molecular weight excluding hydrogens is 302 g/mol. The first-order valence-electron chi connectivity index (χ1n) is 6.47. The number of primary amides is 1. The SMILES string of the molecule is NC(=O)COc1cccc(NC(=O)CSc2ccncc2)c1. The molecule has 0 atom stereocenters. The normalized spacial score (nSPS) is 10.0. The van der Waals surface area contributed by atoms with Crippen LogP contribution in [0.4, 0.5) is 5.69 Å². The van der Waals surface area contributed by atoms with Gasteiger partial charge in [0.15, 0.2) is 6.61 Å². The number of pyridine rings is 1. The van der Waals surface area contributed by atoms with Gasteiger partial charge in [-0.3, -0.25) is 14.6 Å². The highest BCUT2D eigenvalue weighted by atomic mass is 32.2. The lowest BCUT2D eigenvalue weighted by atomic mass is 10.3. The number of carbonyl (C=O) groups is 2. The average molecular weight is 317 g/mol. The van der Waals surface area contributed by atoms with Crippen LogP contribution in [0.3, 0.4) is 0 Å². The van der Waals surface area contributed by atoms with Crippen LogP contribution in [0.5, 0.6) is 5.75 Å². The topological polar surface area (TPSA) is 94.3 Å². The summed E-state index contributed by atoms with van der Waals surface area (Å²) in [7, 11) is 0. The summed E-state index contributed by atoms with van der Waals surface area (Å²) in [5, 5.41) is 2.77. The Hall–Kier alpha value is -2.54. The largest absolute Gasteiger partial charge is 0.484 e. The summed E-state index contributed by atoms with van der Waals surface area (Å²) in [4.78, 5) is 27.5. The lowest BCUT2D eigenvalue weighted by molar-refractivity contribution is -0.120. The van der Waals surface area contributed by atoms with E-state index >= 15 is 0 Å². The van der Waals surface area contributed by atoms with Crippen molar-refractivity contribution in [1.82, 2.24) is 4.98 Å². The van der Waals surface area contributed by atoms with Crippen LogP contribution in [0.25, 0.3) is 0 Å². The summed E-state index contributed by atoms with van der Waals surface area (Å²) >= 11 is 1.42. The second-order valence-corrected chi connectivity index (χ2v) is 5.35. The number of nitrogens with two attached hydrogens (primary N) is 1. The maximum absolute atomic E-state index is 11.9. The van der Waals surface area contributed by atoms with Gasteiger partial charge in [0.05, 0.1) is 5.75 Å². The second-order valence-electron chi connectivity index (χ2n) is 4.30. The van der Waals surface area contributed by atoms with Gasteiger partial charge in [-0.05, 0) is 24.3 Å². The lowest BCUT2D eigenvalue weighted by Crippen LogP contribution is -2.20. The number of nitrogens with zero attached hydrogens (tertiary/aromatic N) is 1. The smallest absolute Gasteiger partial charge is 0.255 e. The van der Waals surface area contributed by atoms with E-state index in [2.05, 4.69) is 10.3 Å². The van der Waals surface area contributed by atoms with Gasteiger partial charge in [0, 0.05) is 29.0 Å². The van der Waals surface area contributed by atoms with Crippen molar-refractivity contribution < 1.29 is 14.3 Å². The third-order valence-electron chi connectivity index (χ3n) is 2.52. The second kappa shape index (κ2) is 8.04. The Morgan fingerprint density at radius 1 is 1.23 bits per heavy atom. The quantitative estimate of drug-likeness (QED) is 0.758. The van der Waals surface area contributed by atoms with E-state index in [1.807, 2.05) is 12.1 Å². The molecule has 0 aliphatic heterocycles. The molecule has 0 saturated heterocycles. The van der Waals surface area contributed by atoms with Crippen molar-refractivity contribution in [1.29, 1.82) is 0 Å². The molecule has 2 rings (SSSR count). The van der Waals surface area contributed by atoms with Crippen LogP contribution >= 0.6 is 11.8 Å². The molecule has 0 bridgehead atoms. The molecule has 114 valence electrons. The molecule has 22 heavy (non-hydrogen) atoms. The maximum Gasteiger partial charge on any atom is 0.255 e. The minimum atomic E-state index is -0.553. The zero-order valence-electron chi connectivity index (χ0n) is 11.7. The van der Waals surface area contributed by atoms with Crippen LogP contribution in [0.2, 0.25) is 0 Å². The van der Waals surface area contributed by atoms with Crippen LogP contribution in [0, 0.1) is 0 Å². The van der Waals surface area contributed by atoms with Gasteiger partial charge >= 0.3 is 0 Å². The van der Waals surface area contributed by atoms with E-state index in [1.165, 1.54) is 11.8 Å². The molecular formula is C15H15N3O3S. The zero-order chi connectivity index (χ0) is 15.8. The summed E-state index contributed by atoms with van der Waals surface area (Å²) in [5.74, 6) is 0.0755. The van der Waals surface area contributed by atoms with E-state index in [9.17, 15) is 9.59 Å². The van der Waals surface area contributed by atoms with Gasteiger partial charge in [-0.2, -0.15) is 0 Å². The van der Waals surface area contributed by atoms with Crippen LogP contribution < -0.4 is 15.8 Å². The fraction of sp³-hybridized carbons (Fsp3) is 0.133. The van der Waals surface area contributed by atoms with E-state index in [1.54, 1.807) is 36.7 Å². The Labute approximate surface area is 132 Å². The molecule has 0 aliphatic rings. The molecule has 0 unspecified atom stereocenters. The summed E-state index contributed by atoms with van der Waals surface area (Å²) in [6.07, 6.45) is 3.36. The first kappa shape index (κ1) is 15.8. The van der Waals surface area contributed by atoms with Crippen LogP contribution in [0.1, 0.15) is 0 Å². The molecule has 2 aromatic rings. The van der Waals surface area contributed by atoms with Crippen molar-refractivity contribution in [3.8, 4) is 5.75 Å². The monoisotopic (exact) mass is 317 g/mol. The summed E-state index contributed by atoms with van der Waals surface area (Å²) in [6.45, 7) is -0.199. The molecule has 0 aliphatic carbocycles. The van der Waals surface area contributed by atoms with Gasteiger partial charge in [-0.1, -0.05) is 6.07 Å². The number of hydrogen-bond donors (Lipinski definition) is 2. The summed E-state index contributed by atoms with van der Waals surface area (Å²) in [6, 6.07) is 10.5. The Kier molecular flexibility index (Phi) is 5.79. The molecule has 6 nitrogen and oxygen atoms in total. The summed E-state index contributed by atoms with van der Waals surface area (Å²) in [5.41, 5.74) is 5.61. The predicted octanol–water partition coefficient (Wildman–Crippen LogP) is 1.68. The van der Waals surface area contributed by atoms with Gasteiger partial charge in [0.1, 0.15) is 5.75 Å². The predicted molar refractivity (Wildman–Crippen MR) is 84.7 cm³/mol. The molecule has 2 amide bonds. The van der Waals surface area contributed by atoms with Crippen LogP contribution in [-0.2, 0) is 9.59 Å². The van der Waals surface area contributed by atoms with E-state index in [0.717, 1.165) is 4.90 Å². The van der Waals surface area contributed by atoms with Crippen molar-refractivity contribution in [3.63, 3.8) is 0 Å². The number of thioether (sulfide) groups is 1. The Balaban J connectivity index is 1.85. The molecule has 1 aromatic heterocycles. The first-order chi connectivity index (χ1) is 10.6. The van der Waals surface area contributed by atoms with E-state index in [4.69, 9.17) is 10.5 Å². The van der Waals surface area contributed by atoms with Crippen molar-refractivity contribution in [2.45, 2.75) is 4.90 Å². The van der Waals surface area contributed by atoms with Gasteiger partial charge in [0.2, 0.25) is 5.91 Å². The van der Waals surface area contributed by atoms with Crippen molar-refractivity contribution in [2.75, 3.05) is 17.7 Å². The van der Waals surface area contributed by atoms with Crippen molar-refractivity contribution in [3.05, 3.63) is 48.8 Å².